The van der Waals surface area contributed by atoms with Crippen molar-refractivity contribution in [2.45, 2.75) is 0 Å². The fraction of sp³-hybridized carbons (Fsp3) is 0.250. The van der Waals surface area contributed by atoms with E-state index in [-0.39, 0.29) is 5.43 Å². The molecule has 1 aromatic carbocycles. The Bertz CT molecular complexity index is 824. The van der Waals surface area contributed by atoms with E-state index in [1.54, 1.807) is 17.4 Å². The maximum atomic E-state index is 12.4. The Hall–Kier alpha value is -1.98. The molecule has 0 amide bonds. The van der Waals surface area contributed by atoms with Crippen molar-refractivity contribution in [3.05, 3.63) is 46.6 Å². The van der Waals surface area contributed by atoms with Gasteiger partial charge >= 0.3 is 0 Å². The molecular weight excluding hydrogens is 284 g/mol. The summed E-state index contributed by atoms with van der Waals surface area (Å²) >= 11 is 1.62. The van der Waals surface area contributed by atoms with Crippen molar-refractivity contribution in [1.29, 1.82) is 0 Å². The van der Waals surface area contributed by atoms with Gasteiger partial charge in [0, 0.05) is 19.2 Å². The van der Waals surface area contributed by atoms with Crippen LogP contribution in [0.25, 0.3) is 20.8 Å². The third kappa shape index (κ3) is 2.28. The van der Waals surface area contributed by atoms with Crippen LogP contribution in [0.2, 0.25) is 0 Å². The third-order valence-corrected chi connectivity index (χ3v) is 4.83. The van der Waals surface area contributed by atoms with Crippen LogP contribution in [0, 0.1) is 0 Å². The van der Waals surface area contributed by atoms with Crippen LogP contribution < -0.4 is 10.3 Å². The van der Waals surface area contributed by atoms with Gasteiger partial charge in [-0.05, 0) is 18.2 Å². The number of rotatable bonds is 1. The summed E-state index contributed by atoms with van der Waals surface area (Å²) in [6.07, 6.45) is 0. The number of ether oxygens (including phenoxy) is 1. The summed E-state index contributed by atoms with van der Waals surface area (Å²) in [5, 5.41) is 0. The normalized spacial score (nSPS) is 15.7. The molecule has 0 spiro atoms. The average Bonchev–Trinajstić information content (AvgIpc) is 2.53. The predicted molar refractivity (Wildman–Crippen MR) is 85.5 cm³/mol. The molecule has 0 bridgehead atoms. The molecular formula is C16H14N2O2S. The van der Waals surface area contributed by atoms with Crippen LogP contribution in [0.15, 0.2) is 41.2 Å². The largest absolute Gasteiger partial charge is 0.378 e. The Kier molecular flexibility index (Phi) is 3.09. The maximum Gasteiger partial charge on any atom is 0.203 e. The van der Waals surface area contributed by atoms with E-state index in [9.17, 15) is 4.79 Å². The van der Waals surface area contributed by atoms with Gasteiger partial charge in [0.2, 0.25) is 5.43 Å². The third-order valence-electron chi connectivity index (χ3n) is 3.72. The summed E-state index contributed by atoms with van der Waals surface area (Å²) in [5.74, 6) is 0. The van der Waals surface area contributed by atoms with Gasteiger partial charge in [-0.25, -0.2) is 4.98 Å². The number of hydrogen-bond acceptors (Lipinski definition) is 5. The van der Waals surface area contributed by atoms with Crippen molar-refractivity contribution in [3.63, 3.8) is 0 Å². The van der Waals surface area contributed by atoms with E-state index in [0.29, 0.717) is 13.2 Å². The van der Waals surface area contributed by atoms with Crippen LogP contribution in [-0.2, 0) is 4.74 Å². The fourth-order valence-corrected chi connectivity index (χ4v) is 3.62. The maximum absolute atomic E-state index is 12.4. The molecule has 5 heteroatoms. The van der Waals surface area contributed by atoms with Crippen LogP contribution >= 0.6 is 11.3 Å². The lowest BCUT2D eigenvalue weighted by Gasteiger charge is -2.28. The van der Waals surface area contributed by atoms with Gasteiger partial charge in [0.05, 0.1) is 39.7 Å². The molecule has 106 valence electrons. The van der Waals surface area contributed by atoms with E-state index in [1.807, 2.05) is 30.3 Å². The monoisotopic (exact) mass is 298 g/mol. The van der Waals surface area contributed by atoms with Crippen LogP contribution in [0.3, 0.4) is 0 Å². The lowest BCUT2D eigenvalue weighted by Crippen LogP contribution is -2.38. The molecule has 1 aliphatic carbocycles. The summed E-state index contributed by atoms with van der Waals surface area (Å²) in [6, 6.07) is 11.7. The van der Waals surface area contributed by atoms with Crippen LogP contribution in [0.1, 0.15) is 0 Å². The van der Waals surface area contributed by atoms with E-state index in [1.165, 1.54) is 0 Å². The molecule has 3 aliphatic rings. The van der Waals surface area contributed by atoms with Gasteiger partial charge in [-0.1, -0.05) is 12.1 Å². The van der Waals surface area contributed by atoms with Crippen LogP contribution in [0.4, 0.5) is 5.69 Å². The topological polar surface area (TPSA) is 42.4 Å². The van der Waals surface area contributed by atoms with E-state index in [2.05, 4.69) is 9.88 Å². The van der Waals surface area contributed by atoms with E-state index >= 15 is 0 Å². The molecule has 1 fully saturated rings. The van der Waals surface area contributed by atoms with Gasteiger partial charge in [0.25, 0.3) is 0 Å². The molecule has 1 aromatic rings. The predicted octanol–water partition coefficient (Wildman–Crippen LogP) is 2.60. The summed E-state index contributed by atoms with van der Waals surface area (Å²) < 4.78 is 6.45. The van der Waals surface area contributed by atoms with Gasteiger partial charge in [-0.15, -0.1) is 11.3 Å². The Balaban J connectivity index is 1.90. The van der Waals surface area contributed by atoms with E-state index in [0.717, 1.165) is 39.6 Å². The van der Waals surface area contributed by atoms with Crippen LogP contribution in [-0.4, -0.2) is 31.3 Å². The molecule has 0 unspecified atom stereocenters. The SMILES string of the molecule is O=c1cc2sc3ccccc3nc-2cc1N1CCOCC1. The summed E-state index contributed by atoms with van der Waals surface area (Å²) in [7, 11) is 0. The summed E-state index contributed by atoms with van der Waals surface area (Å²) in [4.78, 5) is 20.1. The first kappa shape index (κ1) is 12.7. The van der Waals surface area contributed by atoms with Crippen molar-refractivity contribution in [3.8, 4) is 10.6 Å². The Morgan fingerprint density at radius 2 is 1.95 bits per heavy atom. The second kappa shape index (κ2) is 5.09. The summed E-state index contributed by atoms with van der Waals surface area (Å²) in [6.45, 7) is 2.87. The first-order valence-electron chi connectivity index (χ1n) is 6.98. The molecule has 0 radical (unpaired) electrons. The van der Waals surface area contributed by atoms with E-state index < -0.39 is 0 Å². The number of hydrogen-bond donors (Lipinski definition) is 0. The van der Waals surface area contributed by atoms with Gasteiger partial charge in [0.15, 0.2) is 0 Å². The van der Waals surface area contributed by atoms with Crippen molar-refractivity contribution >= 4 is 27.2 Å². The fourth-order valence-electron chi connectivity index (χ4n) is 2.64. The van der Waals surface area contributed by atoms with Gasteiger partial charge < -0.3 is 9.64 Å². The number of aromatic nitrogens is 1. The highest BCUT2D eigenvalue weighted by Crippen LogP contribution is 2.31. The Labute approximate surface area is 126 Å². The smallest absolute Gasteiger partial charge is 0.203 e. The van der Waals surface area contributed by atoms with E-state index in [4.69, 9.17) is 4.74 Å². The second-order valence-corrected chi connectivity index (χ2v) is 6.15. The first-order chi connectivity index (χ1) is 10.3. The zero-order valence-corrected chi connectivity index (χ0v) is 12.2. The van der Waals surface area contributed by atoms with Crippen LogP contribution in [0.5, 0.6) is 0 Å². The average molecular weight is 298 g/mol. The highest BCUT2D eigenvalue weighted by molar-refractivity contribution is 7.21. The molecule has 0 aromatic heterocycles. The molecule has 0 N–H and O–H groups in total. The molecule has 2 heterocycles. The summed E-state index contributed by atoms with van der Waals surface area (Å²) in [5.41, 5.74) is 2.67. The first-order valence-corrected chi connectivity index (χ1v) is 7.79. The number of morpholine rings is 1. The minimum Gasteiger partial charge on any atom is -0.378 e. The minimum absolute atomic E-state index is 0.0673. The van der Waals surface area contributed by atoms with Crippen molar-refractivity contribution in [2.24, 2.45) is 0 Å². The van der Waals surface area contributed by atoms with Crippen molar-refractivity contribution < 1.29 is 4.74 Å². The zero-order valence-electron chi connectivity index (χ0n) is 11.4. The number of para-hydroxylation sites is 1. The molecule has 0 saturated carbocycles. The number of benzene rings is 2. The van der Waals surface area contributed by atoms with Gasteiger partial charge in [0.1, 0.15) is 0 Å². The zero-order chi connectivity index (χ0) is 14.2. The van der Waals surface area contributed by atoms with Crippen molar-refractivity contribution in [2.75, 3.05) is 31.2 Å². The molecule has 0 atom stereocenters. The number of fused-ring (bicyclic) bond motifs is 2. The molecule has 4 nitrogen and oxygen atoms in total. The lowest BCUT2D eigenvalue weighted by atomic mass is 10.2. The van der Waals surface area contributed by atoms with Gasteiger partial charge in [-0.2, -0.15) is 0 Å². The molecule has 1 saturated heterocycles. The highest BCUT2D eigenvalue weighted by atomic mass is 32.1. The Morgan fingerprint density at radius 1 is 1.14 bits per heavy atom. The number of nitrogens with zero attached hydrogens (tertiary/aromatic N) is 2. The minimum atomic E-state index is 0.0673. The molecule has 21 heavy (non-hydrogen) atoms. The van der Waals surface area contributed by atoms with Gasteiger partial charge in [-0.3, -0.25) is 4.79 Å². The molecule has 2 aliphatic heterocycles. The van der Waals surface area contributed by atoms with Crippen molar-refractivity contribution in [1.82, 2.24) is 4.98 Å². The quantitative estimate of drug-likeness (QED) is 0.648. The second-order valence-electron chi connectivity index (χ2n) is 5.07. The highest BCUT2D eigenvalue weighted by Gasteiger charge is 2.17. The Morgan fingerprint density at radius 3 is 2.81 bits per heavy atom. The number of anilines is 1. The standard InChI is InChI=1S/C16H14N2O2S/c19-14-10-16-12(9-13(14)18-5-7-20-8-6-18)17-11-3-1-2-4-15(11)21-16/h1-4,9-10H,5-8H2. The molecule has 4 rings (SSSR count). The lowest BCUT2D eigenvalue weighted by molar-refractivity contribution is 0.122.